The number of ether oxygens (including phenoxy) is 1. The van der Waals surface area contributed by atoms with E-state index in [-0.39, 0.29) is 17.5 Å². The number of carbonyl (C=O) groups excluding carboxylic acids is 1. The topological polar surface area (TPSA) is 93.4 Å². The molecule has 3 aliphatic heterocycles. The van der Waals surface area contributed by atoms with Crippen LogP contribution in [-0.2, 0) is 17.7 Å². The van der Waals surface area contributed by atoms with Crippen LogP contribution in [0.5, 0.6) is 0 Å². The van der Waals surface area contributed by atoms with Gasteiger partial charge in [0.25, 0.3) is 11.5 Å². The zero-order valence-corrected chi connectivity index (χ0v) is 24.7. The zero-order valence-electron chi connectivity index (χ0n) is 24.7. The monoisotopic (exact) mass is 610 g/mol. The molecule has 8 rings (SSSR count). The van der Waals surface area contributed by atoms with Crippen molar-refractivity contribution in [2.45, 2.75) is 51.1 Å². The van der Waals surface area contributed by atoms with E-state index in [0.29, 0.717) is 47.9 Å². The highest BCUT2D eigenvalue weighted by molar-refractivity contribution is 6.09. The standard InChI is InChI=1S/C35H32F2N4O4/c36-24-6-3-21(16-25(24)37)19-40-13-9-22-17-23(5-8-27(22)40)31-32(29-18-30(42)39-45-29)26(7-4-20-10-14-44-15-11-20)38-34-28-2-1-12-41(28)35(43)33(31)34/h3,5-6,8-9,13,16-18,20,28H,1-2,4,7,10-12,14-15,19H2,(H,39,42)/t28-/m0/s1. The van der Waals surface area contributed by atoms with Crippen molar-refractivity contribution in [1.82, 2.24) is 19.6 Å². The van der Waals surface area contributed by atoms with Gasteiger partial charge in [0.05, 0.1) is 34.6 Å². The van der Waals surface area contributed by atoms with Gasteiger partial charge >= 0.3 is 0 Å². The first-order valence-electron chi connectivity index (χ1n) is 15.6. The fraction of sp³-hybridized carbons (Fsp3) is 0.343. The molecule has 2 fully saturated rings. The number of aryl methyl sites for hydroxylation is 1. The molecule has 1 atom stereocenters. The Bertz CT molecular complexity index is 2000. The molecule has 1 amide bonds. The lowest BCUT2D eigenvalue weighted by Gasteiger charge is -2.23. The van der Waals surface area contributed by atoms with E-state index in [9.17, 15) is 18.4 Å². The number of rotatable bonds is 7. The largest absolute Gasteiger partial charge is 0.381 e. The maximum atomic E-state index is 14.0. The number of hydrogen-bond acceptors (Lipinski definition) is 5. The third kappa shape index (κ3) is 4.88. The van der Waals surface area contributed by atoms with E-state index in [0.717, 1.165) is 84.8 Å². The molecule has 2 aromatic carbocycles. The quantitative estimate of drug-likeness (QED) is 0.223. The van der Waals surface area contributed by atoms with Gasteiger partial charge in [-0.15, -0.1) is 0 Å². The van der Waals surface area contributed by atoms with E-state index in [1.54, 1.807) is 6.07 Å². The Morgan fingerprint density at radius 3 is 2.60 bits per heavy atom. The summed E-state index contributed by atoms with van der Waals surface area (Å²) in [6.45, 7) is 2.58. The Morgan fingerprint density at radius 1 is 0.933 bits per heavy atom. The summed E-state index contributed by atoms with van der Waals surface area (Å²) in [7, 11) is 0. The van der Waals surface area contributed by atoms with Crippen LogP contribution in [0.2, 0.25) is 0 Å². The van der Waals surface area contributed by atoms with E-state index in [1.165, 1.54) is 12.1 Å². The van der Waals surface area contributed by atoms with E-state index >= 15 is 0 Å². The Labute approximate surface area is 257 Å². The van der Waals surface area contributed by atoms with Gasteiger partial charge in [-0.1, -0.05) is 12.1 Å². The minimum absolute atomic E-state index is 0.0406. The smallest absolute Gasteiger partial charge is 0.280 e. The van der Waals surface area contributed by atoms with Crippen LogP contribution in [-0.4, -0.2) is 45.3 Å². The minimum atomic E-state index is -0.875. The van der Waals surface area contributed by atoms with Crippen LogP contribution in [0, 0.1) is 17.6 Å². The summed E-state index contributed by atoms with van der Waals surface area (Å²) < 4.78 is 40.7. The van der Waals surface area contributed by atoms with Gasteiger partial charge < -0.3 is 18.7 Å². The summed E-state index contributed by atoms with van der Waals surface area (Å²) >= 11 is 0. The van der Waals surface area contributed by atoms with Gasteiger partial charge in [-0.25, -0.2) is 8.78 Å². The molecule has 0 saturated carbocycles. The van der Waals surface area contributed by atoms with Crippen LogP contribution in [0.25, 0.3) is 33.4 Å². The highest BCUT2D eigenvalue weighted by Gasteiger charge is 2.44. The lowest BCUT2D eigenvalue weighted by atomic mass is 9.87. The number of halogens is 2. The molecule has 8 nitrogen and oxygen atoms in total. The average molecular weight is 611 g/mol. The predicted molar refractivity (Wildman–Crippen MR) is 164 cm³/mol. The Morgan fingerprint density at radius 2 is 1.80 bits per heavy atom. The van der Waals surface area contributed by atoms with Gasteiger partial charge in [0, 0.05) is 49.0 Å². The highest BCUT2D eigenvalue weighted by Crippen LogP contribution is 2.48. The first kappa shape index (κ1) is 27.9. The van der Waals surface area contributed by atoms with Crippen LogP contribution in [0.1, 0.15) is 65.5 Å². The fourth-order valence-corrected chi connectivity index (χ4v) is 7.40. The molecule has 2 saturated heterocycles. The minimum Gasteiger partial charge on any atom is -0.381 e. The molecular formula is C35H32F2N4O4. The van der Waals surface area contributed by atoms with Gasteiger partial charge in [-0.05, 0) is 85.9 Å². The number of H-pyrrole nitrogens is 1. The molecule has 10 heteroatoms. The number of hydrogen-bond donors (Lipinski definition) is 1. The number of amides is 1. The van der Waals surface area contributed by atoms with Crippen LogP contribution < -0.4 is 5.56 Å². The fourth-order valence-electron chi connectivity index (χ4n) is 7.40. The SMILES string of the molecule is O=C1c2c(nc(CCC3CCOCC3)c(-c3cc(=O)[nH]o3)c2-c2ccc3c(ccn3Cc3ccc(F)c(F)c3)c2)[C@@H]2CCCN12. The lowest BCUT2D eigenvalue weighted by Crippen LogP contribution is -2.22. The van der Waals surface area contributed by atoms with Crippen LogP contribution in [0.15, 0.2) is 64.0 Å². The maximum absolute atomic E-state index is 14.0. The van der Waals surface area contributed by atoms with Gasteiger partial charge in [0.2, 0.25) is 0 Å². The number of aromatic nitrogens is 3. The van der Waals surface area contributed by atoms with Gasteiger partial charge in [-0.2, -0.15) is 5.16 Å². The number of benzene rings is 2. The van der Waals surface area contributed by atoms with Crippen molar-refractivity contribution in [2.75, 3.05) is 19.8 Å². The van der Waals surface area contributed by atoms with Crippen molar-refractivity contribution in [3.05, 3.63) is 99.2 Å². The van der Waals surface area contributed by atoms with Crippen molar-refractivity contribution in [3.63, 3.8) is 0 Å². The van der Waals surface area contributed by atoms with Crippen molar-refractivity contribution in [2.24, 2.45) is 5.92 Å². The van der Waals surface area contributed by atoms with E-state index < -0.39 is 11.6 Å². The summed E-state index contributed by atoms with van der Waals surface area (Å²) in [5.74, 6) is -0.913. The molecule has 1 N–H and O–H groups in total. The van der Waals surface area contributed by atoms with Crippen molar-refractivity contribution >= 4 is 16.8 Å². The molecule has 6 heterocycles. The second-order valence-electron chi connectivity index (χ2n) is 12.4. The molecule has 5 aromatic rings. The molecule has 45 heavy (non-hydrogen) atoms. The van der Waals surface area contributed by atoms with Gasteiger partial charge in [0.15, 0.2) is 17.4 Å². The second kappa shape index (κ2) is 11.1. The first-order chi connectivity index (χ1) is 21.9. The summed E-state index contributed by atoms with van der Waals surface area (Å²) in [5, 5.41) is 3.36. The van der Waals surface area contributed by atoms with Crippen molar-refractivity contribution in [3.8, 4) is 22.5 Å². The summed E-state index contributed by atoms with van der Waals surface area (Å²) in [4.78, 5) is 33.5. The maximum Gasteiger partial charge on any atom is 0.280 e. The molecule has 0 radical (unpaired) electrons. The third-order valence-corrected chi connectivity index (χ3v) is 9.64. The molecule has 0 unspecified atom stereocenters. The Kier molecular flexibility index (Phi) is 6.89. The second-order valence-corrected chi connectivity index (χ2v) is 12.4. The van der Waals surface area contributed by atoms with E-state index in [2.05, 4.69) is 5.16 Å². The number of aromatic amines is 1. The average Bonchev–Trinajstić information content (AvgIpc) is 3.84. The number of fused-ring (bicyclic) bond motifs is 4. The van der Waals surface area contributed by atoms with E-state index in [4.69, 9.17) is 14.2 Å². The Hall–Kier alpha value is -4.57. The Balaban J connectivity index is 1.27. The normalized spacial score (nSPS) is 18.2. The molecule has 230 valence electrons. The first-order valence-corrected chi connectivity index (χ1v) is 15.6. The summed E-state index contributed by atoms with van der Waals surface area (Å²) in [6.07, 6.45) is 7.33. The molecule has 3 aliphatic rings. The van der Waals surface area contributed by atoms with Gasteiger partial charge in [0.1, 0.15) is 0 Å². The molecular weight excluding hydrogens is 578 g/mol. The number of nitrogens with zero attached hydrogens (tertiary/aromatic N) is 3. The van der Waals surface area contributed by atoms with Crippen LogP contribution >= 0.6 is 0 Å². The van der Waals surface area contributed by atoms with Crippen LogP contribution in [0.3, 0.4) is 0 Å². The summed E-state index contributed by atoms with van der Waals surface area (Å²) in [5.41, 5.74) is 5.66. The van der Waals surface area contributed by atoms with Crippen molar-refractivity contribution in [1.29, 1.82) is 0 Å². The molecule has 0 bridgehead atoms. The lowest BCUT2D eigenvalue weighted by molar-refractivity contribution is 0.0639. The molecule has 0 spiro atoms. The third-order valence-electron chi connectivity index (χ3n) is 9.64. The summed E-state index contributed by atoms with van der Waals surface area (Å²) in [6, 6.07) is 13.3. The van der Waals surface area contributed by atoms with E-state index in [1.807, 2.05) is 39.9 Å². The highest BCUT2D eigenvalue weighted by atomic mass is 19.2. The number of pyridine rings is 1. The predicted octanol–water partition coefficient (Wildman–Crippen LogP) is 6.63. The van der Waals surface area contributed by atoms with Crippen molar-refractivity contribution < 1.29 is 22.8 Å². The number of nitrogens with one attached hydrogen (secondary N) is 1. The molecule has 0 aliphatic carbocycles. The zero-order chi connectivity index (χ0) is 30.7. The van der Waals surface area contributed by atoms with Gasteiger partial charge in [-0.3, -0.25) is 14.6 Å². The van der Waals surface area contributed by atoms with Crippen LogP contribution in [0.4, 0.5) is 8.78 Å². The number of carbonyl (C=O) groups is 1. The molecule has 3 aromatic heterocycles.